The number of hydrogen-bond acceptors (Lipinski definition) is 3. The van der Waals surface area contributed by atoms with Crippen molar-refractivity contribution < 1.29 is 8.42 Å². The van der Waals surface area contributed by atoms with Crippen molar-refractivity contribution in [2.45, 2.75) is 32.1 Å². The molecule has 3 atom stereocenters. The third kappa shape index (κ3) is 4.27. The average molecular weight is 441 g/mol. The summed E-state index contributed by atoms with van der Waals surface area (Å²) in [5, 5.41) is 3.41. The first-order valence-corrected chi connectivity index (χ1v) is 10.1. The van der Waals surface area contributed by atoms with Gasteiger partial charge >= 0.3 is 0 Å². The Morgan fingerprint density at radius 2 is 1.82 bits per heavy atom. The van der Waals surface area contributed by atoms with Crippen LogP contribution in [0.2, 0.25) is 0 Å². The highest BCUT2D eigenvalue weighted by Crippen LogP contribution is 2.35. The number of nitrogens with one attached hydrogen (secondary N) is 1. The summed E-state index contributed by atoms with van der Waals surface area (Å²) in [6.07, 6.45) is 6.26. The number of sulfone groups is 1. The van der Waals surface area contributed by atoms with Crippen LogP contribution in [0, 0.1) is 17.8 Å². The molecule has 3 fully saturated rings. The predicted octanol–water partition coefficient (Wildman–Crippen LogP) is 1.74. The summed E-state index contributed by atoms with van der Waals surface area (Å²) >= 11 is 0. The first-order valence-electron chi connectivity index (χ1n) is 8.23. The van der Waals surface area contributed by atoms with Gasteiger partial charge in [0.15, 0.2) is 15.8 Å². The van der Waals surface area contributed by atoms with Crippen LogP contribution in [-0.2, 0) is 9.84 Å². The number of aliphatic imine (C=N–C) groups is 1. The maximum Gasteiger partial charge on any atom is 0.193 e. The van der Waals surface area contributed by atoms with Crippen molar-refractivity contribution in [3.63, 3.8) is 0 Å². The average Bonchev–Trinajstić information content (AvgIpc) is 3.02. The Hall–Kier alpha value is -0.0500. The predicted molar refractivity (Wildman–Crippen MR) is 101 cm³/mol. The fourth-order valence-corrected chi connectivity index (χ4v) is 6.04. The first-order chi connectivity index (χ1) is 10.1. The maximum absolute atomic E-state index is 11.5. The zero-order chi connectivity index (χ0) is 14.9. The molecular weight excluding hydrogens is 413 g/mol. The highest BCUT2D eigenvalue weighted by Gasteiger charge is 2.36. The molecule has 128 valence electrons. The minimum atomic E-state index is -2.78. The van der Waals surface area contributed by atoms with E-state index in [-0.39, 0.29) is 29.9 Å². The number of likely N-dealkylation sites (tertiary alicyclic amines) is 1. The number of hydrogen-bond donors (Lipinski definition) is 1. The quantitative estimate of drug-likeness (QED) is 0.403. The van der Waals surface area contributed by atoms with E-state index in [9.17, 15) is 8.42 Å². The van der Waals surface area contributed by atoms with Crippen molar-refractivity contribution in [2.24, 2.45) is 22.7 Å². The van der Waals surface area contributed by atoms with Crippen LogP contribution >= 0.6 is 24.0 Å². The molecule has 7 heteroatoms. The van der Waals surface area contributed by atoms with Gasteiger partial charge in [-0.1, -0.05) is 12.8 Å². The second-order valence-electron chi connectivity index (χ2n) is 6.91. The molecule has 22 heavy (non-hydrogen) atoms. The van der Waals surface area contributed by atoms with E-state index in [4.69, 9.17) is 0 Å². The Morgan fingerprint density at radius 1 is 1.18 bits per heavy atom. The second-order valence-corrected chi connectivity index (χ2v) is 9.14. The molecule has 0 aromatic heterocycles. The summed E-state index contributed by atoms with van der Waals surface area (Å²) in [6, 6.07) is 0. The van der Waals surface area contributed by atoms with Crippen molar-refractivity contribution in [3.8, 4) is 0 Å². The molecule has 3 rings (SSSR count). The molecule has 2 aliphatic heterocycles. The van der Waals surface area contributed by atoms with E-state index in [0.717, 1.165) is 43.9 Å². The van der Waals surface area contributed by atoms with E-state index < -0.39 is 9.84 Å². The van der Waals surface area contributed by atoms with Gasteiger partial charge in [-0.05, 0) is 37.0 Å². The molecule has 1 aliphatic carbocycles. The summed E-state index contributed by atoms with van der Waals surface area (Å²) in [4.78, 5) is 6.79. The lowest BCUT2D eigenvalue weighted by atomic mass is 9.82. The molecule has 0 aromatic carbocycles. The van der Waals surface area contributed by atoms with E-state index in [0.29, 0.717) is 11.5 Å². The van der Waals surface area contributed by atoms with Crippen LogP contribution in [0.1, 0.15) is 32.1 Å². The van der Waals surface area contributed by atoms with E-state index in [1.165, 1.54) is 25.7 Å². The monoisotopic (exact) mass is 441 g/mol. The molecule has 1 saturated carbocycles. The minimum Gasteiger partial charge on any atom is -0.356 e. The van der Waals surface area contributed by atoms with Crippen LogP contribution in [0.3, 0.4) is 0 Å². The highest BCUT2D eigenvalue weighted by atomic mass is 127. The molecule has 0 aromatic rings. The Kier molecular flexibility index (Phi) is 6.39. The van der Waals surface area contributed by atoms with Crippen LogP contribution in [0.15, 0.2) is 4.99 Å². The third-order valence-corrected chi connectivity index (χ3v) is 7.20. The fraction of sp³-hybridized carbons (Fsp3) is 0.933. The maximum atomic E-state index is 11.5. The molecule has 0 amide bonds. The van der Waals surface area contributed by atoms with E-state index in [1.807, 2.05) is 7.05 Å². The molecule has 3 aliphatic rings. The first kappa shape index (κ1) is 18.3. The Balaban J connectivity index is 0.00000176. The zero-order valence-electron chi connectivity index (χ0n) is 13.3. The van der Waals surface area contributed by atoms with Gasteiger partial charge in [0.25, 0.3) is 0 Å². The molecule has 2 saturated heterocycles. The molecule has 0 bridgehead atoms. The zero-order valence-corrected chi connectivity index (χ0v) is 16.5. The van der Waals surface area contributed by atoms with Crippen LogP contribution in [0.4, 0.5) is 0 Å². The van der Waals surface area contributed by atoms with Crippen LogP contribution < -0.4 is 5.32 Å². The van der Waals surface area contributed by atoms with Gasteiger partial charge in [0.05, 0.1) is 11.5 Å². The number of nitrogens with zero attached hydrogens (tertiary/aromatic N) is 2. The van der Waals surface area contributed by atoms with Crippen molar-refractivity contribution in [1.29, 1.82) is 0 Å². The van der Waals surface area contributed by atoms with Crippen LogP contribution in [0.25, 0.3) is 0 Å². The number of halogens is 1. The number of guanidine groups is 1. The van der Waals surface area contributed by atoms with Crippen molar-refractivity contribution >= 4 is 39.8 Å². The van der Waals surface area contributed by atoms with Crippen LogP contribution in [0.5, 0.6) is 0 Å². The molecule has 2 heterocycles. The van der Waals surface area contributed by atoms with Crippen molar-refractivity contribution in [1.82, 2.24) is 10.2 Å². The third-order valence-electron chi connectivity index (χ3n) is 5.36. The highest BCUT2D eigenvalue weighted by molar-refractivity contribution is 14.0. The Bertz CT molecular complexity index is 495. The summed E-state index contributed by atoms with van der Waals surface area (Å²) in [5.74, 6) is 3.58. The summed E-state index contributed by atoms with van der Waals surface area (Å²) in [7, 11) is -0.951. The van der Waals surface area contributed by atoms with Gasteiger partial charge in [0.2, 0.25) is 0 Å². The molecular formula is C15H28IN3O2S. The summed E-state index contributed by atoms with van der Waals surface area (Å²) in [5.41, 5.74) is 0. The van der Waals surface area contributed by atoms with E-state index >= 15 is 0 Å². The lowest BCUT2D eigenvalue weighted by Gasteiger charge is -2.22. The Morgan fingerprint density at radius 3 is 2.32 bits per heavy atom. The minimum absolute atomic E-state index is 0. The molecule has 0 radical (unpaired) electrons. The lowest BCUT2D eigenvalue weighted by molar-refractivity contribution is 0.299. The van der Waals surface area contributed by atoms with Gasteiger partial charge in [-0.2, -0.15) is 0 Å². The smallest absolute Gasteiger partial charge is 0.193 e. The Labute approximate surface area is 151 Å². The van der Waals surface area contributed by atoms with Gasteiger partial charge in [-0.25, -0.2) is 8.42 Å². The van der Waals surface area contributed by atoms with Crippen LogP contribution in [-0.4, -0.2) is 57.5 Å². The second kappa shape index (κ2) is 7.68. The summed E-state index contributed by atoms with van der Waals surface area (Å²) in [6.45, 7) is 2.97. The molecule has 0 spiro atoms. The van der Waals surface area contributed by atoms with Gasteiger partial charge in [0, 0.05) is 26.7 Å². The topological polar surface area (TPSA) is 61.8 Å². The summed E-state index contributed by atoms with van der Waals surface area (Å²) < 4.78 is 23.0. The van der Waals surface area contributed by atoms with Crippen molar-refractivity contribution in [2.75, 3.05) is 38.2 Å². The standard InChI is InChI=1S/C15H27N3O2S.HI/c1-16-15(17-8-12-6-7-21(19,20)11-12)18-9-13-4-2-3-5-14(13)10-18;/h12-14H,2-11H2,1H3,(H,16,17);1H. The normalized spacial score (nSPS) is 34.1. The van der Waals surface area contributed by atoms with Crippen molar-refractivity contribution in [3.05, 3.63) is 0 Å². The van der Waals surface area contributed by atoms with E-state index in [1.54, 1.807) is 0 Å². The van der Waals surface area contributed by atoms with Gasteiger partial charge < -0.3 is 10.2 Å². The lowest BCUT2D eigenvalue weighted by Crippen LogP contribution is -2.42. The molecule has 3 unspecified atom stereocenters. The number of fused-ring (bicyclic) bond motifs is 1. The largest absolute Gasteiger partial charge is 0.356 e. The van der Waals surface area contributed by atoms with E-state index in [2.05, 4.69) is 15.2 Å². The number of rotatable bonds is 2. The SMILES string of the molecule is CN=C(NCC1CCS(=O)(=O)C1)N1CC2CCCCC2C1.I. The van der Waals surface area contributed by atoms with Gasteiger partial charge in [-0.15, -0.1) is 24.0 Å². The van der Waals surface area contributed by atoms with Gasteiger partial charge in [-0.3, -0.25) is 4.99 Å². The molecule has 1 N–H and O–H groups in total. The molecule has 5 nitrogen and oxygen atoms in total. The fourth-order valence-electron chi connectivity index (χ4n) is 4.18. The van der Waals surface area contributed by atoms with Gasteiger partial charge in [0.1, 0.15) is 0 Å².